The fraction of sp³-hybridized carbons (Fsp3) is 0.364. The van der Waals surface area contributed by atoms with E-state index in [4.69, 9.17) is 17.3 Å². The van der Waals surface area contributed by atoms with Gasteiger partial charge in [-0.05, 0) is 23.3 Å². The highest BCUT2D eigenvalue weighted by Crippen LogP contribution is 2.04. The van der Waals surface area contributed by atoms with E-state index in [1.54, 1.807) is 0 Å². The maximum absolute atomic E-state index is 8.62. The van der Waals surface area contributed by atoms with E-state index >= 15 is 0 Å². The Labute approximate surface area is 84.4 Å². The molecule has 1 aromatic rings. The molecule has 1 nitrogen and oxygen atoms in total. The summed E-state index contributed by atoms with van der Waals surface area (Å²) >= 11 is 5.19. The fourth-order valence-corrected chi connectivity index (χ4v) is 1.50. The Morgan fingerprint density at radius 3 is 2.54 bits per heavy atom. The molecule has 0 saturated heterocycles. The predicted molar refractivity (Wildman–Crippen MR) is 59.1 cm³/mol. The SMILES string of the molecule is OCCCC(=S)Cc1ccccc1. The van der Waals surface area contributed by atoms with Crippen molar-refractivity contribution in [3.63, 3.8) is 0 Å². The minimum atomic E-state index is 0.231. The zero-order valence-corrected chi connectivity index (χ0v) is 8.39. The molecule has 2 heteroatoms. The van der Waals surface area contributed by atoms with Crippen LogP contribution in [0, 0.1) is 0 Å². The lowest BCUT2D eigenvalue weighted by molar-refractivity contribution is 0.291. The lowest BCUT2D eigenvalue weighted by Crippen LogP contribution is -2.00. The summed E-state index contributed by atoms with van der Waals surface area (Å²) in [5.74, 6) is 0. The molecule has 0 fully saturated rings. The quantitative estimate of drug-likeness (QED) is 0.726. The minimum Gasteiger partial charge on any atom is -0.396 e. The molecule has 0 spiro atoms. The molecule has 1 rings (SSSR count). The van der Waals surface area contributed by atoms with Crippen LogP contribution >= 0.6 is 12.2 Å². The number of rotatable bonds is 5. The summed E-state index contributed by atoms with van der Waals surface area (Å²) in [5, 5.41) is 8.62. The number of hydrogen-bond donors (Lipinski definition) is 1. The molecule has 0 aliphatic carbocycles. The molecule has 70 valence electrons. The second-order valence-corrected chi connectivity index (χ2v) is 3.61. The van der Waals surface area contributed by atoms with E-state index in [1.807, 2.05) is 18.2 Å². The minimum absolute atomic E-state index is 0.231. The first-order chi connectivity index (χ1) is 6.33. The maximum atomic E-state index is 8.62. The number of benzene rings is 1. The van der Waals surface area contributed by atoms with Crippen molar-refractivity contribution in [1.29, 1.82) is 0 Å². The summed E-state index contributed by atoms with van der Waals surface area (Å²) in [6.45, 7) is 0.231. The zero-order chi connectivity index (χ0) is 9.52. The largest absolute Gasteiger partial charge is 0.396 e. The molecule has 0 radical (unpaired) electrons. The number of aliphatic hydroxyl groups excluding tert-OH is 1. The molecule has 0 amide bonds. The van der Waals surface area contributed by atoms with Crippen LogP contribution in [0.4, 0.5) is 0 Å². The molecule has 0 aliphatic heterocycles. The Kier molecular flexibility index (Phi) is 4.65. The highest BCUT2D eigenvalue weighted by Gasteiger charge is 1.97. The molecule has 1 N–H and O–H groups in total. The first-order valence-electron chi connectivity index (χ1n) is 4.49. The number of hydrogen-bond acceptors (Lipinski definition) is 2. The smallest absolute Gasteiger partial charge is 0.0434 e. The fourth-order valence-electron chi connectivity index (χ4n) is 1.19. The Morgan fingerprint density at radius 1 is 1.23 bits per heavy atom. The summed E-state index contributed by atoms with van der Waals surface area (Å²) in [4.78, 5) is 1.03. The molecule has 0 aromatic heterocycles. The van der Waals surface area contributed by atoms with Crippen LogP contribution in [-0.4, -0.2) is 16.6 Å². The molecule has 0 atom stereocenters. The summed E-state index contributed by atoms with van der Waals surface area (Å²) in [5.41, 5.74) is 1.26. The Morgan fingerprint density at radius 2 is 1.92 bits per heavy atom. The van der Waals surface area contributed by atoms with Crippen molar-refractivity contribution < 1.29 is 5.11 Å². The third-order valence-electron chi connectivity index (χ3n) is 1.86. The lowest BCUT2D eigenvalue weighted by atomic mass is 10.1. The van der Waals surface area contributed by atoms with Gasteiger partial charge in [0.25, 0.3) is 0 Å². The highest BCUT2D eigenvalue weighted by atomic mass is 32.1. The summed E-state index contributed by atoms with van der Waals surface area (Å²) in [7, 11) is 0. The van der Waals surface area contributed by atoms with Crippen molar-refractivity contribution in [2.24, 2.45) is 0 Å². The van der Waals surface area contributed by atoms with Gasteiger partial charge in [0.1, 0.15) is 0 Å². The van der Waals surface area contributed by atoms with E-state index in [2.05, 4.69) is 12.1 Å². The normalized spacial score (nSPS) is 9.92. The van der Waals surface area contributed by atoms with Crippen LogP contribution in [0.5, 0.6) is 0 Å². The monoisotopic (exact) mass is 194 g/mol. The van der Waals surface area contributed by atoms with Crippen molar-refractivity contribution in [2.75, 3.05) is 6.61 Å². The Balaban J connectivity index is 2.37. The standard InChI is InChI=1S/C11H14OS/c12-8-4-7-11(13)9-10-5-2-1-3-6-10/h1-3,5-6,12H,4,7-9H2. The summed E-state index contributed by atoms with van der Waals surface area (Å²) in [6, 6.07) is 10.2. The average Bonchev–Trinajstić information content (AvgIpc) is 2.16. The summed E-state index contributed by atoms with van der Waals surface area (Å²) in [6.07, 6.45) is 2.49. The van der Waals surface area contributed by atoms with Crippen molar-refractivity contribution in [1.82, 2.24) is 0 Å². The van der Waals surface area contributed by atoms with E-state index in [9.17, 15) is 0 Å². The van der Waals surface area contributed by atoms with Crippen LogP contribution in [-0.2, 0) is 6.42 Å². The highest BCUT2D eigenvalue weighted by molar-refractivity contribution is 7.80. The van der Waals surface area contributed by atoms with Crippen LogP contribution in [0.2, 0.25) is 0 Å². The topological polar surface area (TPSA) is 20.2 Å². The van der Waals surface area contributed by atoms with Gasteiger partial charge in [-0.15, -0.1) is 0 Å². The average molecular weight is 194 g/mol. The molecule has 0 aliphatic rings. The molecule has 0 heterocycles. The van der Waals surface area contributed by atoms with Crippen molar-refractivity contribution >= 4 is 17.1 Å². The molecule has 13 heavy (non-hydrogen) atoms. The molecule has 1 aromatic carbocycles. The van der Waals surface area contributed by atoms with Gasteiger partial charge in [-0.25, -0.2) is 0 Å². The Hall–Kier alpha value is -0.730. The van der Waals surface area contributed by atoms with Crippen molar-refractivity contribution in [3.8, 4) is 0 Å². The van der Waals surface area contributed by atoms with Crippen molar-refractivity contribution in [2.45, 2.75) is 19.3 Å². The molecular weight excluding hydrogens is 180 g/mol. The third kappa shape index (κ3) is 4.15. The third-order valence-corrected chi connectivity index (χ3v) is 2.21. The lowest BCUT2D eigenvalue weighted by Gasteiger charge is -2.02. The zero-order valence-electron chi connectivity index (χ0n) is 7.57. The van der Waals surface area contributed by atoms with E-state index in [0.29, 0.717) is 0 Å². The molecule has 0 saturated carbocycles. The maximum Gasteiger partial charge on any atom is 0.0434 e. The van der Waals surface area contributed by atoms with Gasteiger partial charge in [-0.3, -0.25) is 0 Å². The first kappa shape index (κ1) is 10.4. The predicted octanol–water partition coefficient (Wildman–Crippen LogP) is 2.37. The van der Waals surface area contributed by atoms with Gasteiger partial charge >= 0.3 is 0 Å². The number of thiocarbonyl (C=S) groups is 1. The van der Waals surface area contributed by atoms with E-state index < -0.39 is 0 Å². The second-order valence-electron chi connectivity index (χ2n) is 3.03. The van der Waals surface area contributed by atoms with Gasteiger partial charge in [0, 0.05) is 13.0 Å². The van der Waals surface area contributed by atoms with Gasteiger partial charge in [0.05, 0.1) is 0 Å². The van der Waals surface area contributed by atoms with Crippen LogP contribution in [0.3, 0.4) is 0 Å². The summed E-state index contributed by atoms with van der Waals surface area (Å²) < 4.78 is 0. The van der Waals surface area contributed by atoms with Gasteiger partial charge in [0.2, 0.25) is 0 Å². The second kappa shape index (κ2) is 5.84. The van der Waals surface area contributed by atoms with E-state index in [-0.39, 0.29) is 6.61 Å². The molecule has 0 unspecified atom stereocenters. The first-order valence-corrected chi connectivity index (χ1v) is 4.90. The van der Waals surface area contributed by atoms with Gasteiger partial charge < -0.3 is 5.11 Å². The van der Waals surface area contributed by atoms with Crippen LogP contribution in [0.25, 0.3) is 0 Å². The van der Waals surface area contributed by atoms with Crippen LogP contribution < -0.4 is 0 Å². The van der Waals surface area contributed by atoms with Gasteiger partial charge in [-0.2, -0.15) is 0 Å². The number of aliphatic hydroxyl groups is 1. The molecule has 0 bridgehead atoms. The van der Waals surface area contributed by atoms with Gasteiger partial charge in [0.15, 0.2) is 0 Å². The van der Waals surface area contributed by atoms with Crippen LogP contribution in [0.1, 0.15) is 18.4 Å². The Bertz CT molecular complexity index is 256. The van der Waals surface area contributed by atoms with Crippen LogP contribution in [0.15, 0.2) is 30.3 Å². The molecular formula is C11H14OS. The van der Waals surface area contributed by atoms with Crippen molar-refractivity contribution in [3.05, 3.63) is 35.9 Å². The van der Waals surface area contributed by atoms with E-state index in [1.165, 1.54) is 5.56 Å². The van der Waals surface area contributed by atoms with E-state index in [0.717, 1.165) is 24.1 Å². The van der Waals surface area contributed by atoms with Gasteiger partial charge in [-0.1, -0.05) is 42.5 Å².